The summed E-state index contributed by atoms with van der Waals surface area (Å²) in [5.41, 5.74) is 2.49. The van der Waals surface area contributed by atoms with Gasteiger partial charge in [-0.3, -0.25) is 10.1 Å². The van der Waals surface area contributed by atoms with Crippen molar-refractivity contribution in [2.24, 2.45) is 0 Å². The minimum atomic E-state index is -0.250. The van der Waals surface area contributed by atoms with Crippen LogP contribution in [0.25, 0.3) is 0 Å². The van der Waals surface area contributed by atoms with Gasteiger partial charge >= 0.3 is 0 Å². The topological polar surface area (TPSA) is 41.1 Å². The van der Waals surface area contributed by atoms with Gasteiger partial charge < -0.3 is 5.32 Å². The summed E-state index contributed by atoms with van der Waals surface area (Å²) in [7, 11) is 0. The molecule has 3 nitrogen and oxygen atoms in total. The number of amides is 1. The number of nitrogens with one attached hydrogen (secondary N) is 2. The van der Waals surface area contributed by atoms with E-state index in [0.29, 0.717) is 22.2 Å². The average molecular weight is 353 g/mol. The number of aryl methyl sites for hydroxylation is 1. The van der Waals surface area contributed by atoms with E-state index in [1.54, 1.807) is 24.3 Å². The van der Waals surface area contributed by atoms with Crippen molar-refractivity contribution in [3.05, 3.63) is 69.2 Å². The van der Waals surface area contributed by atoms with E-state index in [4.69, 9.17) is 35.4 Å². The number of benzene rings is 2. The normalized spacial score (nSPS) is 10.1. The molecule has 0 unspecified atom stereocenters. The van der Waals surface area contributed by atoms with Gasteiger partial charge in [-0.05, 0) is 49.0 Å². The van der Waals surface area contributed by atoms with Crippen molar-refractivity contribution in [1.82, 2.24) is 10.6 Å². The Labute approximate surface area is 144 Å². The van der Waals surface area contributed by atoms with Crippen molar-refractivity contribution in [1.29, 1.82) is 0 Å². The minimum Gasteiger partial charge on any atom is -0.358 e. The Kier molecular flexibility index (Phi) is 5.77. The van der Waals surface area contributed by atoms with Crippen LogP contribution in [0.2, 0.25) is 10.0 Å². The zero-order chi connectivity index (χ0) is 16.1. The molecular formula is C16H14Cl2N2OS. The van der Waals surface area contributed by atoms with Crippen LogP contribution in [0, 0.1) is 6.92 Å². The first-order valence-corrected chi connectivity index (χ1v) is 7.72. The molecular weight excluding hydrogens is 339 g/mol. The van der Waals surface area contributed by atoms with E-state index in [-0.39, 0.29) is 11.0 Å². The van der Waals surface area contributed by atoms with Gasteiger partial charge in [-0.1, -0.05) is 47.0 Å². The molecule has 6 heteroatoms. The van der Waals surface area contributed by atoms with E-state index in [1.807, 2.05) is 25.1 Å². The van der Waals surface area contributed by atoms with Gasteiger partial charge in [0.25, 0.3) is 5.91 Å². The highest BCUT2D eigenvalue weighted by Crippen LogP contribution is 2.20. The van der Waals surface area contributed by atoms with Crippen LogP contribution in [0.5, 0.6) is 0 Å². The Hall–Kier alpha value is -1.62. The van der Waals surface area contributed by atoms with Crippen molar-refractivity contribution >= 4 is 46.4 Å². The first-order chi connectivity index (χ1) is 10.5. The SMILES string of the molecule is Cc1ccc(C(=O)NC(=S)NCc2ccc(Cl)cc2Cl)cc1. The Morgan fingerprint density at radius 2 is 1.82 bits per heavy atom. The molecule has 0 saturated heterocycles. The second-order valence-corrected chi connectivity index (χ2v) is 5.99. The molecule has 2 aromatic rings. The highest BCUT2D eigenvalue weighted by molar-refractivity contribution is 7.80. The van der Waals surface area contributed by atoms with E-state index in [9.17, 15) is 4.79 Å². The zero-order valence-electron chi connectivity index (χ0n) is 11.8. The molecule has 0 saturated carbocycles. The summed E-state index contributed by atoms with van der Waals surface area (Å²) in [6.45, 7) is 2.37. The molecule has 114 valence electrons. The third-order valence-electron chi connectivity index (χ3n) is 3.00. The molecule has 0 aliphatic rings. The maximum Gasteiger partial charge on any atom is 0.257 e. The lowest BCUT2D eigenvalue weighted by atomic mass is 10.1. The summed E-state index contributed by atoms with van der Waals surface area (Å²) in [6, 6.07) is 12.5. The van der Waals surface area contributed by atoms with Gasteiger partial charge in [0.2, 0.25) is 0 Å². The molecule has 0 heterocycles. The van der Waals surface area contributed by atoms with Crippen molar-refractivity contribution in [2.75, 3.05) is 0 Å². The number of thiocarbonyl (C=S) groups is 1. The van der Waals surface area contributed by atoms with Crippen LogP contribution < -0.4 is 10.6 Å². The fraction of sp³-hybridized carbons (Fsp3) is 0.125. The van der Waals surface area contributed by atoms with E-state index < -0.39 is 0 Å². The third-order valence-corrected chi connectivity index (χ3v) is 3.83. The van der Waals surface area contributed by atoms with E-state index >= 15 is 0 Å². The standard InChI is InChI=1S/C16H14Cl2N2OS/c1-10-2-4-11(5-3-10)15(21)20-16(22)19-9-12-6-7-13(17)8-14(12)18/h2-8H,9H2,1H3,(H2,19,20,21,22). The lowest BCUT2D eigenvalue weighted by Gasteiger charge is -2.11. The van der Waals surface area contributed by atoms with Gasteiger partial charge in [-0.15, -0.1) is 0 Å². The minimum absolute atomic E-state index is 0.247. The summed E-state index contributed by atoms with van der Waals surface area (Å²) in [5.74, 6) is -0.250. The molecule has 22 heavy (non-hydrogen) atoms. The largest absolute Gasteiger partial charge is 0.358 e. The van der Waals surface area contributed by atoms with Gasteiger partial charge in [0.05, 0.1) is 0 Å². The molecule has 1 amide bonds. The first-order valence-electron chi connectivity index (χ1n) is 6.55. The smallest absolute Gasteiger partial charge is 0.257 e. The summed E-state index contributed by atoms with van der Waals surface area (Å²) in [6.07, 6.45) is 0. The molecule has 0 spiro atoms. The molecule has 2 aromatic carbocycles. The summed E-state index contributed by atoms with van der Waals surface area (Å²) >= 11 is 17.0. The molecule has 0 aliphatic carbocycles. The molecule has 0 atom stereocenters. The van der Waals surface area contributed by atoms with Gasteiger partial charge in [0.1, 0.15) is 0 Å². The quantitative estimate of drug-likeness (QED) is 0.816. The zero-order valence-corrected chi connectivity index (χ0v) is 14.1. The number of carbonyl (C=O) groups excluding carboxylic acids is 1. The molecule has 0 radical (unpaired) electrons. The van der Waals surface area contributed by atoms with Crippen molar-refractivity contribution in [2.45, 2.75) is 13.5 Å². The van der Waals surface area contributed by atoms with Crippen molar-refractivity contribution < 1.29 is 4.79 Å². The van der Waals surface area contributed by atoms with Crippen LogP contribution >= 0.6 is 35.4 Å². The number of hydrogen-bond acceptors (Lipinski definition) is 2. The Morgan fingerprint density at radius 1 is 1.14 bits per heavy atom. The Balaban J connectivity index is 1.90. The van der Waals surface area contributed by atoms with E-state index in [0.717, 1.165) is 11.1 Å². The maximum absolute atomic E-state index is 12.0. The van der Waals surface area contributed by atoms with Crippen LogP contribution in [0.4, 0.5) is 0 Å². The second kappa shape index (κ2) is 7.58. The van der Waals surface area contributed by atoms with E-state index in [1.165, 1.54) is 0 Å². The molecule has 0 aliphatic heterocycles. The van der Waals surface area contributed by atoms with Gasteiger partial charge in [0, 0.05) is 22.2 Å². The van der Waals surface area contributed by atoms with Crippen molar-refractivity contribution in [3.8, 4) is 0 Å². The van der Waals surface area contributed by atoms with E-state index in [2.05, 4.69) is 10.6 Å². The highest BCUT2D eigenvalue weighted by atomic mass is 35.5. The third kappa shape index (κ3) is 4.70. The number of rotatable bonds is 3. The number of halogens is 2. The highest BCUT2D eigenvalue weighted by Gasteiger charge is 2.08. The summed E-state index contributed by atoms with van der Waals surface area (Å²) in [4.78, 5) is 12.0. The number of carbonyl (C=O) groups is 1. The fourth-order valence-electron chi connectivity index (χ4n) is 1.76. The monoisotopic (exact) mass is 352 g/mol. The van der Waals surface area contributed by atoms with Gasteiger partial charge in [0.15, 0.2) is 5.11 Å². The Morgan fingerprint density at radius 3 is 2.45 bits per heavy atom. The Bertz CT molecular complexity index is 702. The predicted octanol–water partition coefficient (Wildman–Crippen LogP) is 4.11. The molecule has 0 aromatic heterocycles. The van der Waals surface area contributed by atoms with Crippen LogP contribution in [0.3, 0.4) is 0 Å². The predicted molar refractivity (Wildman–Crippen MR) is 94.5 cm³/mol. The molecule has 2 N–H and O–H groups in total. The second-order valence-electron chi connectivity index (χ2n) is 4.74. The fourth-order valence-corrected chi connectivity index (χ4v) is 2.41. The molecule has 0 fully saturated rings. The molecule has 0 bridgehead atoms. The molecule has 2 rings (SSSR count). The van der Waals surface area contributed by atoms with Crippen LogP contribution in [0.1, 0.15) is 21.5 Å². The first kappa shape index (κ1) is 16.7. The lowest BCUT2D eigenvalue weighted by Crippen LogP contribution is -2.38. The van der Waals surface area contributed by atoms with Crippen molar-refractivity contribution in [3.63, 3.8) is 0 Å². The number of hydrogen-bond donors (Lipinski definition) is 2. The summed E-state index contributed by atoms with van der Waals surface area (Å²) in [5, 5.41) is 6.94. The van der Waals surface area contributed by atoms with Gasteiger partial charge in [-0.25, -0.2) is 0 Å². The maximum atomic E-state index is 12.0. The van der Waals surface area contributed by atoms with Crippen LogP contribution in [-0.2, 0) is 6.54 Å². The van der Waals surface area contributed by atoms with Crippen LogP contribution in [0.15, 0.2) is 42.5 Å². The lowest BCUT2D eigenvalue weighted by molar-refractivity contribution is 0.0976. The van der Waals surface area contributed by atoms with Gasteiger partial charge in [-0.2, -0.15) is 0 Å². The average Bonchev–Trinajstić information content (AvgIpc) is 2.47. The summed E-state index contributed by atoms with van der Waals surface area (Å²) < 4.78 is 0. The van der Waals surface area contributed by atoms with Crippen LogP contribution in [-0.4, -0.2) is 11.0 Å².